The third kappa shape index (κ3) is 5.69. The maximum atomic E-state index is 12.1. The predicted molar refractivity (Wildman–Crippen MR) is 84.3 cm³/mol. The van der Waals surface area contributed by atoms with Gasteiger partial charge in [-0.05, 0) is 37.1 Å². The summed E-state index contributed by atoms with van der Waals surface area (Å²) in [6.45, 7) is 4.09. The van der Waals surface area contributed by atoms with Gasteiger partial charge in [-0.1, -0.05) is 25.5 Å². The van der Waals surface area contributed by atoms with Crippen molar-refractivity contribution in [3.63, 3.8) is 0 Å². The van der Waals surface area contributed by atoms with Crippen LogP contribution in [0.3, 0.4) is 0 Å². The fourth-order valence-electron chi connectivity index (χ4n) is 1.91. The molecule has 1 aromatic rings. The van der Waals surface area contributed by atoms with E-state index < -0.39 is 5.97 Å². The van der Waals surface area contributed by atoms with Gasteiger partial charge in [-0.2, -0.15) is 0 Å². The Bertz CT molecular complexity index is 526. The van der Waals surface area contributed by atoms with E-state index in [1.54, 1.807) is 36.2 Å². The van der Waals surface area contributed by atoms with Crippen LogP contribution in [-0.4, -0.2) is 35.1 Å². The summed E-state index contributed by atoms with van der Waals surface area (Å²) in [5, 5.41) is 11.4. The molecule has 5 heteroatoms. The van der Waals surface area contributed by atoms with Crippen LogP contribution in [0.15, 0.2) is 30.3 Å². The van der Waals surface area contributed by atoms with Gasteiger partial charge >= 0.3 is 12.0 Å². The molecule has 1 atom stereocenters. The van der Waals surface area contributed by atoms with Crippen LogP contribution in [0.2, 0.25) is 0 Å². The van der Waals surface area contributed by atoms with Gasteiger partial charge in [0.2, 0.25) is 0 Å². The first-order valence-electron chi connectivity index (χ1n) is 6.99. The largest absolute Gasteiger partial charge is 0.478 e. The second-order valence-electron chi connectivity index (χ2n) is 4.98. The van der Waals surface area contributed by atoms with Crippen LogP contribution in [0.5, 0.6) is 0 Å². The van der Waals surface area contributed by atoms with Crippen molar-refractivity contribution >= 4 is 23.8 Å². The van der Waals surface area contributed by atoms with Gasteiger partial charge in [-0.25, -0.2) is 9.59 Å². The number of amides is 2. The summed E-state index contributed by atoms with van der Waals surface area (Å²) in [5.41, 5.74) is 1.36. The summed E-state index contributed by atoms with van der Waals surface area (Å²) in [6, 6.07) is 7.05. The number of nitrogens with zero attached hydrogens (tertiary/aromatic N) is 1. The van der Waals surface area contributed by atoms with Crippen molar-refractivity contribution in [2.75, 3.05) is 12.4 Å². The van der Waals surface area contributed by atoms with Crippen LogP contribution >= 0.6 is 0 Å². The molecule has 0 bridgehead atoms. The fourth-order valence-corrected chi connectivity index (χ4v) is 1.91. The van der Waals surface area contributed by atoms with Crippen molar-refractivity contribution in [2.45, 2.75) is 32.7 Å². The highest BCUT2D eigenvalue weighted by atomic mass is 16.4. The Hall–Kier alpha value is -2.30. The van der Waals surface area contributed by atoms with Gasteiger partial charge in [0.1, 0.15) is 0 Å². The Morgan fingerprint density at radius 1 is 1.43 bits per heavy atom. The van der Waals surface area contributed by atoms with E-state index in [0.717, 1.165) is 24.5 Å². The Morgan fingerprint density at radius 2 is 2.14 bits per heavy atom. The summed E-state index contributed by atoms with van der Waals surface area (Å²) in [4.78, 5) is 24.3. The second-order valence-corrected chi connectivity index (χ2v) is 4.98. The molecule has 0 aromatic heterocycles. The molecule has 1 rings (SSSR count). The minimum absolute atomic E-state index is 0.171. The Balaban J connectivity index is 2.72. The van der Waals surface area contributed by atoms with Gasteiger partial charge in [0, 0.05) is 24.9 Å². The number of hydrogen-bond donors (Lipinski definition) is 2. The summed E-state index contributed by atoms with van der Waals surface area (Å²) in [6.07, 6.45) is 4.53. The number of rotatable bonds is 6. The Labute approximate surface area is 125 Å². The minimum atomic E-state index is -1.00. The highest BCUT2D eigenvalue weighted by Crippen LogP contribution is 2.14. The minimum Gasteiger partial charge on any atom is -0.478 e. The number of nitrogens with one attached hydrogen (secondary N) is 1. The van der Waals surface area contributed by atoms with E-state index in [1.807, 2.05) is 6.92 Å². The third-order valence-electron chi connectivity index (χ3n) is 3.24. The predicted octanol–water partition coefficient (Wildman–Crippen LogP) is 3.44. The molecule has 2 N–H and O–H groups in total. The van der Waals surface area contributed by atoms with Gasteiger partial charge in [-0.15, -0.1) is 0 Å². The molecule has 0 spiro atoms. The van der Waals surface area contributed by atoms with Gasteiger partial charge in [-0.3, -0.25) is 0 Å². The zero-order valence-corrected chi connectivity index (χ0v) is 12.7. The number of carbonyl (C=O) groups excluding carboxylic acids is 1. The van der Waals surface area contributed by atoms with E-state index in [2.05, 4.69) is 12.2 Å². The SMILES string of the molecule is CCCC(C)N(C)C(=O)Nc1cccc(/C=C/C(=O)O)c1. The van der Waals surface area contributed by atoms with Crippen LogP contribution in [0.1, 0.15) is 32.3 Å². The van der Waals surface area contributed by atoms with Gasteiger partial charge in [0.15, 0.2) is 0 Å². The number of anilines is 1. The molecule has 0 aliphatic heterocycles. The average molecular weight is 290 g/mol. The van der Waals surface area contributed by atoms with Crippen molar-refractivity contribution in [3.05, 3.63) is 35.9 Å². The maximum Gasteiger partial charge on any atom is 0.328 e. The maximum absolute atomic E-state index is 12.1. The van der Waals surface area contributed by atoms with Crippen molar-refractivity contribution < 1.29 is 14.7 Å². The number of urea groups is 1. The first-order chi connectivity index (χ1) is 9.93. The molecular weight excluding hydrogens is 268 g/mol. The lowest BCUT2D eigenvalue weighted by molar-refractivity contribution is -0.131. The van der Waals surface area contributed by atoms with Crippen molar-refractivity contribution in [1.29, 1.82) is 0 Å². The molecule has 1 unspecified atom stereocenters. The van der Waals surface area contributed by atoms with E-state index in [0.29, 0.717) is 5.69 Å². The third-order valence-corrected chi connectivity index (χ3v) is 3.24. The highest BCUT2D eigenvalue weighted by Gasteiger charge is 2.14. The lowest BCUT2D eigenvalue weighted by Gasteiger charge is -2.24. The van der Waals surface area contributed by atoms with Crippen LogP contribution in [0.25, 0.3) is 6.08 Å². The molecular formula is C16H22N2O3. The summed E-state index contributed by atoms with van der Waals surface area (Å²) in [7, 11) is 1.77. The number of carbonyl (C=O) groups is 2. The summed E-state index contributed by atoms with van der Waals surface area (Å²) < 4.78 is 0. The molecule has 0 radical (unpaired) electrons. The lowest BCUT2D eigenvalue weighted by Crippen LogP contribution is -2.38. The summed E-state index contributed by atoms with van der Waals surface area (Å²) >= 11 is 0. The highest BCUT2D eigenvalue weighted by molar-refractivity contribution is 5.90. The molecule has 1 aromatic carbocycles. The van der Waals surface area contributed by atoms with Crippen LogP contribution < -0.4 is 5.32 Å². The first-order valence-corrected chi connectivity index (χ1v) is 6.99. The standard InChI is InChI=1S/C16H22N2O3/c1-4-6-12(2)18(3)16(21)17-14-8-5-7-13(11-14)9-10-15(19)20/h5,7-12H,4,6H2,1-3H3,(H,17,21)(H,19,20)/b10-9+. The quantitative estimate of drug-likeness (QED) is 0.788. The molecule has 2 amide bonds. The van der Waals surface area contributed by atoms with Crippen molar-refractivity contribution in [2.24, 2.45) is 0 Å². The number of hydrogen-bond acceptors (Lipinski definition) is 2. The van der Waals surface area contributed by atoms with Crippen LogP contribution in [0.4, 0.5) is 10.5 Å². The van der Waals surface area contributed by atoms with Crippen LogP contribution in [-0.2, 0) is 4.79 Å². The summed E-state index contributed by atoms with van der Waals surface area (Å²) in [5.74, 6) is -1.00. The van der Waals surface area contributed by atoms with E-state index in [1.165, 1.54) is 6.08 Å². The molecule has 114 valence electrons. The molecule has 0 aliphatic carbocycles. The van der Waals surface area contributed by atoms with Gasteiger partial charge in [0.05, 0.1) is 0 Å². The molecule has 0 saturated carbocycles. The van der Waals surface area contributed by atoms with Gasteiger partial charge in [0.25, 0.3) is 0 Å². The lowest BCUT2D eigenvalue weighted by atomic mass is 10.1. The number of aliphatic carboxylic acids is 1. The molecule has 0 heterocycles. The second kappa shape index (κ2) is 8.09. The van der Waals surface area contributed by atoms with E-state index in [9.17, 15) is 9.59 Å². The topological polar surface area (TPSA) is 69.6 Å². The van der Waals surface area contributed by atoms with Crippen molar-refractivity contribution in [3.8, 4) is 0 Å². The van der Waals surface area contributed by atoms with E-state index >= 15 is 0 Å². The molecule has 0 aliphatic rings. The monoisotopic (exact) mass is 290 g/mol. The zero-order valence-electron chi connectivity index (χ0n) is 12.7. The fraction of sp³-hybridized carbons (Fsp3) is 0.375. The zero-order chi connectivity index (χ0) is 15.8. The molecule has 5 nitrogen and oxygen atoms in total. The molecule has 0 saturated heterocycles. The van der Waals surface area contributed by atoms with Gasteiger partial charge < -0.3 is 15.3 Å². The number of carboxylic acids is 1. The smallest absolute Gasteiger partial charge is 0.328 e. The van der Waals surface area contributed by atoms with Crippen molar-refractivity contribution in [1.82, 2.24) is 4.90 Å². The van der Waals surface area contributed by atoms with E-state index in [4.69, 9.17) is 5.11 Å². The number of carboxylic acid groups (broad SMARTS) is 1. The van der Waals surface area contributed by atoms with E-state index in [-0.39, 0.29) is 12.1 Å². The Morgan fingerprint density at radius 3 is 2.76 bits per heavy atom. The Kier molecular flexibility index (Phi) is 6.46. The molecule has 21 heavy (non-hydrogen) atoms. The van der Waals surface area contributed by atoms with Crippen LogP contribution in [0, 0.1) is 0 Å². The first kappa shape index (κ1) is 16.8. The average Bonchev–Trinajstić information content (AvgIpc) is 2.45. The normalized spacial score (nSPS) is 12.1. The molecule has 0 fully saturated rings. The number of benzene rings is 1.